The molecule has 1 unspecified atom stereocenters. The SMILES string of the molecule is C[C@H](NC(=O)[C@@H](N)CCCCNCC(F)(F)C1(O)O[C@H](CO)[C@H](O)[C@H](O)[C@H]1O)C(=O)O. The molecule has 31 heavy (non-hydrogen) atoms. The number of rotatable bonds is 12. The van der Waals surface area contributed by atoms with Gasteiger partial charge in [0.15, 0.2) is 0 Å². The molecule has 1 aliphatic rings. The maximum atomic E-state index is 14.5. The van der Waals surface area contributed by atoms with Crippen LogP contribution < -0.4 is 16.4 Å². The zero-order chi connectivity index (χ0) is 24.0. The van der Waals surface area contributed by atoms with Gasteiger partial charge in [-0.2, -0.15) is 8.78 Å². The average molecular weight is 459 g/mol. The summed E-state index contributed by atoms with van der Waals surface area (Å²) < 4.78 is 33.6. The number of nitrogens with one attached hydrogen (secondary N) is 2. The Bertz CT molecular complexity index is 613. The van der Waals surface area contributed by atoms with E-state index in [2.05, 4.69) is 15.4 Å². The van der Waals surface area contributed by atoms with Crippen molar-refractivity contribution in [2.45, 2.75) is 74.4 Å². The number of unbranched alkanes of at least 4 members (excludes halogenated alkanes) is 1. The van der Waals surface area contributed by atoms with E-state index in [0.29, 0.717) is 12.8 Å². The van der Waals surface area contributed by atoms with E-state index >= 15 is 0 Å². The van der Waals surface area contributed by atoms with Crippen LogP contribution in [0.1, 0.15) is 26.2 Å². The van der Waals surface area contributed by atoms with Gasteiger partial charge in [-0.25, -0.2) is 0 Å². The van der Waals surface area contributed by atoms with Crippen LogP contribution in [0.3, 0.4) is 0 Å². The minimum atomic E-state index is -4.11. The molecule has 0 aliphatic carbocycles. The fourth-order valence-corrected chi connectivity index (χ4v) is 2.96. The van der Waals surface area contributed by atoms with E-state index in [9.17, 15) is 38.8 Å². The lowest BCUT2D eigenvalue weighted by molar-refractivity contribution is -0.409. The van der Waals surface area contributed by atoms with Gasteiger partial charge < -0.3 is 51.7 Å². The summed E-state index contributed by atoms with van der Waals surface area (Å²) in [5.41, 5.74) is 5.64. The van der Waals surface area contributed by atoms with Crippen molar-refractivity contribution in [1.82, 2.24) is 10.6 Å². The summed E-state index contributed by atoms with van der Waals surface area (Å²) >= 11 is 0. The number of amides is 1. The monoisotopic (exact) mass is 459 g/mol. The first kappa shape index (κ1) is 27.5. The second-order valence-electron chi connectivity index (χ2n) is 7.51. The number of carbonyl (C=O) groups excluding carboxylic acids is 1. The number of aliphatic hydroxyl groups is 5. The second kappa shape index (κ2) is 11.4. The van der Waals surface area contributed by atoms with E-state index in [4.69, 9.17) is 15.9 Å². The minimum Gasteiger partial charge on any atom is -0.480 e. The molecule has 1 saturated heterocycles. The van der Waals surface area contributed by atoms with Crippen molar-refractivity contribution in [3.05, 3.63) is 0 Å². The van der Waals surface area contributed by atoms with E-state index in [1.807, 2.05) is 0 Å². The Kier molecular flexibility index (Phi) is 10.1. The van der Waals surface area contributed by atoms with E-state index in [-0.39, 0.29) is 13.0 Å². The third kappa shape index (κ3) is 6.73. The summed E-state index contributed by atoms with van der Waals surface area (Å²) in [4.78, 5) is 22.4. The average Bonchev–Trinajstić information content (AvgIpc) is 2.70. The molecule has 0 radical (unpaired) electrons. The van der Waals surface area contributed by atoms with Gasteiger partial charge in [0, 0.05) is 0 Å². The van der Waals surface area contributed by atoms with Crippen molar-refractivity contribution in [1.29, 1.82) is 0 Å². The molecule has 0 aromatic carbocycles. The van der Waals surface area contributed by atoms with Crippen LogP contribution in [0.4, 0.5) is 8.78 Å². The lowest BCUT2D eigenvalue weighted by Gasteiger charge is -2.48. The molecular formula is C17H31F2N3O9. The third-order valence-corrected chi connectivity index (χ3v) is 5.02. The zero-order valence-corrected chi connectivity index (χ0v) is 16.9. The minimum absolute atomic E-state index is 0.0102. The van der Waals surface area contributed by atoms with Crippen LogP contribution in [0.2, 0.25) is 0 Å². The molecule has 1 amide bonds. The number of halogens is 2. The van der Waals surface area contributed by atoms with Gasteiger partial charge >= 0.3 is 11.9 Å². The maximum absolute atomic E-state index is 14.5. The largest absolute Gasteiger partial charge is 0.480 e. The van der Waals surface area contributed by atoms with Gasteiger partial charge in [-0.1, -0.05) is 6.42 Å². The van der Waals surface area contributed by atoms with Crippen molar-refractivity contribution in [3.63, 3.8) is 0 Å². The standard InChI is InChI=1S/C17H31F2N3O9/c1-8(15(28)29)22-14(27)9(20)4-2-3-5-21-7-16(18,19)17(30)13(26)12(25)11(24)10(6-23)31-17/h8-13,21,23-26,30H,2-7,20H2,1H3,(H,22,27)(H,28,29)/t8-,9-,10+,11-,12-,13+,17?/m0/s1. The first-order chi connectivity index (χ1) is 14.3. The smallest absolute Gasteiger partial charge is 0.325 e. The van der Waals surface area contributed by atoms with E-state index in [1.54, 1.807) is 0 Å². The Morgan fingerprint density at radius 2 is 1.84 bits per heavy atom. The van der Waals surface area contributed by atoms with Crippen molar-refractivity contribution in [2.24, 2.45) is 5.73 Å². The fourth-order valence-electron chi connectivity index (χ4n) is 2.96. The molecule has 0 bridgehead atoms. The molecule has 0 aromatic heterocycles. The van der Waals surface area contributed by atoms with E-state index < -0.39 is 73.2 Å². The predicted octanol–water partition coefficient (Wildman–Crippen LogP) is -3.54. The zero-order valence-electron chi connectivity index (χ0n) is 16.9. The number of hydrogen-bond donors (Lipinski definition) is 9. The first-order valence-electron chi connectivity index (χ1n) is 9.71. The Balaban J connectivity index is 2.45. The summed E-state index contributed by atoms with van der Waals surface area (Å²) in [5, 5.41) is 61.6. The molecule has 182 valence electrons. The normalized spacial score (nSPS) is 31.1. The Hall–Kier alpha value is -1.52. The third-order valence-electron chi connectivity index (χ3n) is 5.02. The van der Waals surface area contributed by atoms with Gasteiger partial charge in [0.25, 0.3) is 5.79 Å². The number of carbonyl (C=O) groups is 2. The van der Waals surface area contributed by atoms with Crippen molar-refractivity contribution < 1.29 is 53.7 Å². The quantitative estimate of drug-likeness (QED) is 0.130. The van der Waals surface area contributed by atoms with Crippen LogP contribution in [-0.4, -0.2) is 110 Å². The molecule has 1 fully saturated rings. The van der Waals surface area contributed by atoms with Crippen molar-refractivity contribution in [3.8, 4) is 0 Å². The molecule has 1 aliphatic heterocycles. The van der Waals surface area contributed by atoms with Crippen LogP contribution in [0.15, 0.2) is 0 Å². The maximum Gasteiger partial charge on any atom is 0.325 e. The topological polar surface area (TPSA) is 215 Å². The van der Waals surface area contributed by atoms with Gasteiger partial charge in [0.05, 0.1) is 19.2 Å². The highest BCUT2D eigenvalue weighted by Crippen LogP contribution is 2.39. The predicted molar refractivity (Wildman–Crippen MR) is 99.8 cm³/mol. The Morgan fingerprint density at radius 1 is 1.23 bits per heavy atom. The molecule has 1 heterocycles. The molecule has 10 N–H and O–H groups in total. The summed E-state index contributed by atoms with van der Waals surface area (Å²) in [6.07, 6.45) is -7.49. The highest BCUT2D eigenvalue weighted by atomic mass is 19.3. The van der Waals surface area contributed by atoms with E-state index in [0.717, 1.165) is 0 Å². The molecule has 12 nitrogen and oxygen atoms in total. The highest BCUT2D eigenvalue weighted by molar-refractivity contribution is 5.86. The molecule has 1 rings (SSSR count). The van der Waals surface area contributed by atoms with Crippen LogP contribution in [0, 0.1) is 0 Å². The van der Waals surface area contributed by atoms with Crippen LogP contribution in [0.25, 0.3) is 0 Å². The fraction of sp³-hybridized carbons (Fsp3) is 0.882. The summed E-state index contributed by atoms with van der Waals surface area (Å²) in [7, 11) is 0. The number of aliphatic hydroxyl groups excluding tert-OH is 4. The second-order valence-corrected chi connectivity index (χ2v) is 7.51. The number of hydrogen-bond acceptors (Lipinski definition) is 10. The van der Waals surface area contributed by atoms with E-state index in [1.165, 1.54) is 6.92 Å². The van der Waals surface area contributed by atoms with Gasteiger partial charge in [0.2, 0.25) is 5.91 Å². The molecule has 0 spiro atoms. The van der Waals surface area contributed by atoms with Crippen LogP contribution in [-0.2, 0) is 14.3 Å². The number of carboxylic acids is 1. The number of aliphatic carboxylic acids is 1. The molecule has 0 aromatic rings. The highest BCUT2D eigenvalue weighted by Gasteiger charge is 2.65. The molecular weight excluding hydrogens is 428 g/mol. The molecule has 7 atom stereocenters. The number of carboxylic acid groups (broad SMARTS) is 1. The van der Waals surface area contributed by atoms with Gasteiger partial charge in [-0.05, 0) is 26.3 Å². The van der Waals surface area contributed by atoms with Crippen LogP contribution in [0.5, 0.6) is 0 Å². The number of nitrogens with two attached hydrogens (primary N) is 1. The van der Waals surface area contributed by atoms with Gasteiger partial charge in [-0.3, -0.25) is 9.59 Å². The Morgan fingerprint density at radius 3 is 2.39 bits per heavy atom. The first-order valence-corrected chi connectivity index (χ1v) is 9.71. The van der Waals surface area contributed by atoms with Crippen molar-refractivity contribution >= 4 is 11.9 Å². The van der Waals surface area contributed by atoms with Gasteiger partial charge in [0.1, 0.15) is 30.5 Å². The van der Waals surface area contributed by atoms with Crippen molar-refractivity contribution in [2.75, 3.05) is 19.7 Å². The van der Waals surface area contributed by atoms with Gasteiger partial charge in [-0.15, -0.1) is 0 Å². The summed E-state index contributed by atoms with van der Waals surface area (Å²) in [6, 6.07) is -2.08. The summed E-state index contributed by atoms with van der Waals surface area (Å²) in [6.45, 7) is -0.851. The Labute approximate surface area is 177 Å². The number of alkyl halides is 2. The summed E-state index contributed by atoms with van der Waals surface area (Å²) in [5.74, 6) is -9.52. The van der Waals surface area contributed by atoms with Crippen LogP contribution >= 0.6 is 0 Å². The molecule has 0 saturated carbocycles. The lowest BCUT2D eigenvalue weighted by Crippen LogP contribution is -2.72. The lowest BCUT2D eigenvalue weighted by atomic mass is 9.88. The number of ether oxygens (including phenoxy) is 1. The molecule has 14 heteroatoms.